The van der Waals surface area contributed by atoms with Crippen molar-refractivity contribution in [3.05, 3.63) is 71.0 Å². The van der Waals surface area contributed by atoms with Gasteiger partial charge in [-0.15, -0.1) is 0 Å². The second kappa shape index (κ2) is 8.35. The van der Waals surface area contributed by atoms with Crippen LogP contribution in [-0.2, 0) is 11.3 Å². The molecule has 2 aromatic carbocycles. The lowest BCUT2D eigenvalue weighted by atomic mass is 10.1. The summed E-state index contributed by atoms with van der Waals surface area (Å²) in [5.41, 5.74) is 0.953. The molecule has 3 rings (SSSR count). The predicted octanol–water partition coefficient (Wildman–Crippen LogP) is 2.86. The van der Waals surface area contributed by atoms with Crippen LogP contribution in [0.4, 0.5) is 4.39 Å². The number of hydrogen-bond donors (Lipinski definition) is 1. The topological polar surface area (TPSA) is 66.5 Å². The summed E-state index contributed by atoms with van der Waals surface area (Å²) in [7, 11) is 0. The summed E-state index contributed by atoms with van der Waals surface area (Å²) in [6, 6.07) is 11.7. The highest BCUT2D eigenvalue weighted by atomic mass is 32.2. The molecule has 1 heterocycles. The lowest BCUT2D eigenvalue weighted by molar-refractivity contribution is -0.125. The molecule has 0 fully saturated rings. The van der Waals surface area contributed by atoms with Gasteiger partial charge in [-0.2, -0.15) is 11.8 Å². The van der Waals surface area contributed by atoms with Gasteiger partial charge in [0.25, 0.3) is 11.8 Å². The van der Waals surface area contributed by atoms with E-state index in [1.165, 1.54) is 17.8 Å². The molecule has 3 amide bonds. The number of halogens is 1. The van der Waals surface area contributed by atoms with Gasteiger partial charge < -0.3 is 5.32 Å². The fraction of sp³-hybridized carbons (Fsp3) is 0.250. The summed E-state index contributed by atoms with van der Waals surface area (Å²) in [5, 5.41) is 2.66. The average molecular weight is 386 g/mol. The molecular formula is C20H19FN2O3S. The van der Waals surface area contributed by atoms with Crippen LogP contribution in [-0.4, -0.2) is 40.7 Å². The number of amides is 3. The van der Waals surface area contributed by atoms with Crippen LogP contribution >= 0.6 is 11.8 Å². The van der Waals surface area contributed by atoms with Crippen LogP contribution < -0.4 is 5.32 Å². The highest BCUT2D eigenvalue weighted by molar-refractivity contribution is 7.98. The van der Waals surface area contributed by atoms with Crippen molar-refractivity contribution in [1.29, 1.82) is 0 Å². The summed E-state index contributed by atoms with van der Waals surface area (Å²) >= 11 is 1.52. The molecule has 1 N–H and O–H groups in total. The number of nitrogens with one attached hydrogen (secondary N) is 1. The van der Waals surface area contributed by atoms with Crippen molar-refractivity contribution in [3.63, 3.8) is 0 Å². The molecule has 1 aliphatic heterocycles. The Morgan fingerprint density at radius 2 is 1.67 bits per heavy atom. The molecule has 0 aliphatic carbocycles. The van der Waals surface area contributed by atoms with Gasteiger partial charge in [-0.25, -0.2) is 4.39 Å². The fourth-order valence-corrected chi connectivity index (χ4v) is 3.50. The first kappa shape index (κ1) is 19.1. The molecule has 1 atom stereocenters. The molecule has 1 aliphatic rings. The number of thioether (sulfide) groups is 1. The maximum atomic E-state index is 13.8. The van der Waals surface area contributed by atoms with Gasteiger partial charge in [-0.05, 0) is 36.6 Å². The monoisotopic (exact) mass is 386 g/mol. The number of hydrogen-bond acceptors (Lipinski definition) is 4. The number of nitrogens with zero attached hydrogens (tertiary/aromatic N) is 1. The molecule has 0 unspecified atom stereocenters. The summed E-state index contributed by atoms with van der Waals surface area (Å²) in [5.74, 6) is -1.22. The van der Waals surface area contributed by atoms with Crippen LogP contribution in [0.3, 0.4) is 0 Å². The number of carbonyl (C=O) groups excluding carboxylic acids is 3. The van der Waals surface area contributed by atoms with Gasteiger partial charge in [-0.3, -0.25) is 19.3 Å². The molecule has 0 saturated heterocycles. The minimum atomic E-state index is -0.934. The first-order chi connectivity index (χ1) is 13.0. The zero-order chi connectivity index (χ0) is 19.4. The van der Waals surface area contributed by atoms with E-state index in [0.717, 1.165) is 4.90 Å². The Morgan fingerprint density at radius 3 is 2.26 bits per heavy atom. The van der Waals surface area contributed by atoms with Gasteiger partial charge in [0.2, 0.25) is 5.91 Å². The molecular weight excluding hydrogens is 367 g/mol. The van der Waals surface area contributed by atoms with Gasteiger partial charge >= 0.3 is 0 Å². The lowest BCUT2D eigenvalue weighted by Gasteiger charge is -2.25. The molecule has 27 heavy (non-hydrogen) atoms. The van der Waals surface area contributed by atoms with Crippen molar-refractivity contribution in [2.75, 3.05) is 12.0 Å². The molecule has 7 heteroatoms. The summed E-state index contributed by atoms with van der Waals surface area (Å²) < 4.78 is 13.8. The van der Waals surface area contributed by atoms with E-state index >= 15 is 0 Å². The first-order valence-corrected chi connectivity index (χ1v) is 9.91. The van der Waals surface area contributed by atoms with Gasteiger partial charge in [0.1, 0.15) is 11.9 Å². The minimum absolute atomic E-state index is 0.00948. The molecule has 0 bridgehead atoms. The number of rotatable bonds is 7. The highest BCUT2D eigenvalue weighted by Gasteiger charge is 2.42. The second-order valence-electron chi connectivity index (χ2n) is 6.13. The van der Waals surface area contributed by atoms with E-state index in [1.54, 1.807) is 42.5 Å². The third-order valence-electron chi connectivity index (χ3n) is 4.45. The quantitative estimate of drug-likeness (QED) is 0.743. The van der Waals surface area contributed by atoms with Crippen molar-refractivity contribution < 1.29 is 18.8 Å². The number of carbonyl (C=O) groups is 3. The standard InChI is InChI=1S/C20H19FN2O3S/c1-27-11-10-17(18(24)22-12-13-6-2-5-9-16(13)21)23-19(25)14-7-3-4-8-15(14)20(23)26/h2-9,17H,10-12H2,1H3,(H,22,24)/t17-/m1/s1. The Bertz CT molecular complexity index is 852. The van der Waals surface area contributed by atoms with Gasteiger partial charge in [-0.1, -0.05) is 30.3 Å². The van der Waals surface area contributed by atoms with Gasteiger partial charge in [0.15, 0.2) is 0 Å². The Labute approximate surface area is 160 Å². The van der Waals surface area contributed by atoms with E-state index in [-0.39, 0.29) is 6.54 Å². The zero-order valence-corrected chi connectivity index (χ0v) is 15.6. The maximum absolute atomic E-state index is 13.8. The van der Waals surface area contributed by atoms with E-state index in [1.807, 2.05) is 6.26 Å². The van der Waals surface area contributed by atoms with Crippen molar-refractivity contribution >= 4 is 29.5 Å². The van der Waals surface area contributed by atoms with E-state index in [0.29, 0.717) is 28.9 Å². The molecule has 5 nitrogen and oxygen atoms in total. The predicted molar refractivity (Wildman–Crippen MR) is 102 cm³/mol. The average Bonchev–Trinajstić information content (AvgIpc) is 2.93. The Kier molecular flexibility index (Phi) is 5.91. The normalized spacial score (nSPS) is 14.2. The highest BCUT2D eigenvalue weighted by Crippen LogP contribution is 2.26. The van der Waals surface area contributed by atoms with E-state index in [4.69, 9.17) is 0 Å². The van der Waals surface area contributed by atoms with Gasteiger partial charge in [0.05, 0.1) is 11.1 Å². The molecule has 0 aromatic heterocycles. The van der Waals surface area contributed by atoms with Crippen molar-refractivity contribution in [3.8, 4) is 0 Å². The lowest BCUT2D eigenvalue weighted by Crippen LogP contribution is -2.49. The van der Waals surface area contributed by atoms with Crippen molar-refractivity contribution in [1.82, 2.24) is 10.2 Å². The van der Waals surface area contributed by atoms with Crippen LogP contribution in [0.25, 0.3) is 0 Å². The van der Waals surface area contributed by atoms with E-state index in [9.17, 15) is 18.8 Å². The second-order valence-corrected chi connectivity index (χ2v) is 7.12. The van der Waals surface area contributed by atoms with Crippen molar-refractivity contribution in [2.24, 2.45) is 0 Å². The SMILES string of the molecule is CSCC[C@H](C(=O)NCc1ccccc1F)N1C(=O)c2ccccc2C1=O. The smallest absolute Gasteiger partial charge is 0.262 e. The summed E-state index contributed by atoms with van der Waals surface area (Å²) in [6.07, 6.45) is 2.21. The summed E-state index contributed by atoms with van der Waals surface area (Å²) in [4.78, 5) is 39.2. The maximum Gasteiger partial charge on any atom is 0.262 e. The number of benzene rings is 2. The molecule has 2 aromatic rings. The molecule has 0 spiro atoms. The largest absolute Gasteiger partial charge is 0.350 e. The number of imide groups is 1. The Hall–Kier alpha value is -2.67. The molecule has 140 valence electrons. The van der Waals surface area contributed by atoms with E-state index in [2.05, 4.69) is 5.32 Å². The third kappa shape index (κ3) is 3.88. The Morgan fingerprint density at radius 1 is 1.07 bits per heavy atom. The third-order valence-corrected chi connectivity index (χ3v) is 5.09. The number of fused-ring (bicyclic) bond motifs is 1. The molecule has 0 saturated carbocycles. The zero-order valence-electron chi connectivity index (χ0n) is 14.8. The van der Waals surface area contributed by atoms with Gasteiger partial charge in [0, 0.05) is 12.1 Å². The van der Waals surface area contributed by atoms with Crippen LogP contribution in [0.2, 0.25) is 0 Å². The molecule has 0 radical (unpaired) electrons. The first-order valence-electron chi connectivity index (χ1n) is 8.51. The van der Waals surface area contributed by atoms with Crippen LogP contribution in [0.5, 0.6) is 0 Å². The van der Waals surface area contributed by atoms with E-state index < -0.39 is 29.6 Å². The van der Waals surface area contributed by atoms with Crippen molar-refractivity contribution in [2.45, 2.75) is 19.0 Å². The fourth-order valence-electron chi connectivity index (χ4n) is 3.04. The van der Waals surface area contributed by atoms with Crippen LogP contribution in [0.15, 0.2) is 48.5 Å². The Balaban J connectivity index is 1.80. The summed E-state index contributed by atoms with van der Waals surface area (Å²) in [6.45, 7) is -0.00948. The minimum Gasteiger partial charge on any atom is -0.350 e. The van der Waals surface area contributed by atoms with Crippen LogP contribution in [0, 0.1) is 5.82 Å². The van der Waals surface area contributed by atoms with Crippen LogP contribution in [0.1, 0.15) is 32.7 Å².